The van der Waals surface area contributed by atoms with E-state index in [0.717, 1.165) is 13.8 Å². The molecule has 21 heteroatoms. The average Bonchev–Trinajstić information content (AvgIpc) is 3.31. The Balaban J connectivity index is 1.30. The van der Waals surface area contributed by atoms with Crippen molar-refractivity contribution in [3.63, 3.8) is 0 Å². The quantitative estimate of drug-likeness (QED) is 0.0296. The molecule has 5 rings (SSSR count). The fourth-order valence-corrected chi connectivity index (χ4v) is 7.68. The lowest BCUT2D eigenvalue weighted by molar-refractivity contribution is -0.127. The summed E-state index contributed by atoms with van der Waals surface area (Å²) in [5.74, 6) is -3.14. The molecule has 0 aliphatic heterocycles. The number of ketones is 2. The highest BCUT2D eigenvalue weighted by molar-refractivity contribution is 6.33. The standard InChI is InChI=1S/C50H49Cl5N8O8/c1-7-70-41-13-9-11-34(26(3)52)45(41)58-47(66)31-15-18-36(54)39(24-31)60-62-43(28(5)64)49(68)56-33-17-20-38(30(23-33)21-22-51)57-50(69)44(29(6)65)63-61-40-25-32(16-19-37(40)55)48(67)59-46-35(27(4)53)12-10-14-42(46)71-8-2/h9-20,23-27,43-44H,7-8,21-22H2,1-6H3,(H,56,68)(H,57,69)(H,58,66)(H,59,67). The van der Waals surface area contributed by atoms with Crippen LogP contribution in [0.15, 0.2) is 111 Å². The van der Waals surface area contributed by atoms with Crippen molar-refractivity contribution in [2.24, 2.45) is 20.5 Å². The van der Waals surface area contributed by atoms with Gasteiger partial charge in [-0.1, -0.05) is 47.5 Å². The van der Waals surface area contributed by atoms with Crippen LogP contribution in [0.25, 0.3) is 0 Å². The summed E-state index contributed by atoms with van der Waals surface area (Å²) in [6, 6.07) is 20.1. The van der Waals surface area contributed by atoms with Gasteiger partial charge >= 0.3 is 0 Å². The van der Waals surface area contributed by atoms with E-state index >= 15 is 0 Å². The Hall–Kier alpha value is -6.43. The van der Waals surface area contributed by atoms with Crippen LogP contribution in [0.3, 0.4) is 0 Å². The Morgan fingerprint density at radius 1 is 0.592 bits per heavy atom. The predicted octanol–water partition coefficient (Wildman–Crippen LogP) is 13.0. The minimum Gasteiger partial charge on any atom is -0.492 e. The third kappa shape index (κ3) is 14.8. The van der Waals surface area contributed by atoms with Crippen molar-refractivity contribution >= 4 is 127 Å². The van der Waals surface area contributed by atoms with Crippen molar-refractivity contribution in [3.8, 4) is 11.5 Å². The Morgan fingerprint density at radius 2 is 1.04 bits per heavy atom. The highest BCUT2D eigenvalue weighted by Gasteiger charge is 2.27. The smallest absolute Gasteiger partial charge is 0.258 e. The van der Waals surface area contributed by atoms with Crippen LogP contribution in [0.2, 0.25) is 10.0 Å². The van der Waals surface area contributed by atoms with Crippen LogP contribution < -0.4 is 30.7 Å². The molecule has 0 fully saturated rings. The van der Waals surface area contributed by atoms with E-state index in [1.165, 1.54) is 54.6 Å². The van der Waals surface area contributed by atoms with Gasteiger partial charge in [0.25, 0.3) is 23.6 Å². The number of Topliss-reactive ketones (excluding diaryl/α,β-unsaturated/α-hetero) is 2. The molecule has 5 aromatic carbocycles. The van der Waals surface area contributed by atoms with Gasteiger partial charge in [-0.15, -0.1) is 34.8 Å². The lowest BCUT2D eigenvalue weighted by Gasteiger charge is -2.17. The number of aryl methyl sites for hydroxylation is 1. The zero-order valence-corrected chi connectivity index (χ0v) is 43.0. The Bertz CT molecular complexity index is 2880. The van der Waals surface area contributed by atoms with Crippen molar-refractivity contribution in [2.45, 2.75) is 70.8 Å². The number of azo groups is 2. The maximum absolute atomic E-state index is 13.6. The highest BCUT2D eigenvalue weighted by atomic mass is 35.5. The fraction of sp³-hybridized carbons (Fsp3) is 0.280. The van der Waals surface area contributed by atoms with Gasteiger partial charge in [-0.2, -0.15) is 20.5 Å². The number of hydrogen-bond donors (Lipinski definition) is 4. The van der Waals surface area contributed by atoms with Crippen LogP contribution in [0, 0.1) is 0 Å². The van der Waals surface area contributed by atoms with Gasteiger partial charge in [0, 0.05) is 28.4 Å². The summed E-state index contributed by atoms with van der Waals surface area (Å²) in [7, 11) is 0. The zero-order valence-electron chi connectivity index (χ0n) is 39.2. The molecule has 0 saturated heterocycles. The van der Waals surface area contributed by atoms with E-state index in [4.69, 9.17) is 67.5 Å². The van der Waals surface area contributed by atoms with Crippen LogP contribution in [-0.2, 0) is 25.6 Å². The molecule has 372 valence electrons. The molecule has 0 radical (unpaired) electrons. The van der Waals surface area contributed by atoms with Crippen molar-refractivity contribution in [3.05, 3.63) is 129 Å². The Morgan fingerprint density at radius 3 is 1.45 bits per heavy atom. The minimum absolute atomic E-state index is 0.00419. The number of carbonyl (C=O) groups excluding carboxylic acids is 6. The SMILES string of the molecule is CCOc1cccc(C(C)Cl)c1NC(=O)c1ccc(Cl)c(N=NC(C(C)=O)C(=O)Nc2ccc(NC(=O)C(N=Nc3cc(C(=O)Nc4c(OCC)cccc4C(C)Cl)ccc3Cl)C(C)=O)c(CCCl)c2)c1. The van der Waals surface area contributed by atoms with Gasteiger partial charge in [0.15, 0.2) is 11.6 Å². The topological polar surface area (TPSA) is 218 Å². The first-order chi connectivity index (χ1) is 33.9. The Labute approximate surface area is 435 Å². The average molecular weight is 1070 g/mol. The van der Waals surface area contributed by atoms with E-state index < -0.39 is 58.0 Å². The van der Waals surface area contributed by atoms with Crippen LogP contribution in [0.4, 0.5) is 34.1 Å². The third-order valence-corrected chi connectivity index (χ3v) is 11.6. The number of para-hydroxylation sites is 2. The number of hydrogen-bond acceptors (Lipinski definition) is 12. The first-order valence-corrected chi connectivity index (χ1v) is 24.2. The fourth-order valence-electron chi connectivity index (χ4n) is 6.80. The first kappa shape index (κ1) is 55.5. The monoisotopic (exact) mass is 1060 g/mol. The Kier molecular flexibility index (Phi) is 20.4. The van der Waals surface area contributed by atoms with E-state index in [1.54, 1.807) is 50.2 Å². The second kappa shape index (κ2) is 26.1. The van der Waals surface area contributed by atoms with Crippen LogP contribution >= 0.6 is 58.0 Å². The molecular weight excluding hydrogens is 1020 g/mol. The molecule has 16 nitrogen and oxygen atoms in total. The summed E-state index contributed by atoms with van der Waals surface area (Å²) in [6.07, 6.45) is 0.194. The lowest BCUT2D eigenvalue weighted by atomic mass is 10.1. The number of anilines is 4. The summed E-state index contributed by atoms with van der Waals surface area (Å²) in [4.78, 5) is 79.7. The molecule has 0 aliphatic rings. The van der Waals surface area contributed by atoms with E-state index in [-0.39, 0.29) is 56.2 Å². The summed E-state index contributed by atoms with van der Waals surface area (Å²) in [5.41, 5.74) is 3.24. The van der Waals surface area contributed by atoms with E-state index in [9.17, 15) is 28.8 Å². The molecule has 0 saturated carbocycles. The molecule has 71 heavy (non-hydrogen) atoms. The number of amides is 4. The molecule has 4 unspecified atom stereocenters. The van der Waals surface area contributed by atoms with Crippen LogP contribution in [0.1, 0.15) is 89.7 Å². The molecule has 4 amide bonds. The molecule has 4 atom stereocenters. The summed E-state index contributed by atoms with van der Waals surface area (Å²) in [6.45, 7) is 10.2. The van der Waals surface area contributed by atoms with E-state index in [0.29, 0.717) is 52.8 Å². The van der Waals surface area contributed by atoms with E-state index in [1.807, 2.05) is 13.8 Å². The number of nitrogens with zero attached hydrogens (tertiary/aromatic N) is 4. The largest absolute Gasteiger partial charge is 0.492 e. The van der Waals surface area contributed by atoms with Gasteiger partial charge < -0.3 is 30.7 Å². The van der Waals surface area contributed by atoms with Gasteiger partial charge in [0.2, 0.25) is 12.1 Å². The highest BCUT2D eigenvalue weighted by Crippen LogP contribution is 2.38. The molecule has 0 bridgehead atoms. The molecule has 0 aliphatic carbocycles. The van der Waals surface area contributed by atoms with E-state index in [2.05, 4.69) is 41.7 Å². The maximum atomic E-state index is 13.6. The van der Waals surface area contributed by atoms with Gasteiger partial charge in [0.05, 0.1) is 45.4 Å². The number of rotatable bonds is 22. The normalized spacial score (nSPS) is 12.9. The van der Waals surface area contributed by atoms with Gasteiger partial charge in [-0.05, 0) is 131 Å². The summed E-state index contributed by atoms with van der Waals surface area (Å²) >= 11 is 31.8. The van der Waals surface area contributed by atoms with Crippen molar-refractivity contribution in [2.75, 3.05) is 40.4 Å². The lowest BCUT2D eigenvalue weighted by Crippen LogP contribution is -2.32. The second-order valence-electron chi connectivity index (χ2n) is 15.5. The van der Waals surface area contributed by atoms with Crippen molar-refractivity contribution in [1.29, 1.82) is 0 Å². The predicted molar refractivity (Wildman–Crippen MR) is 279 cm³/mol. The number of nitrogens with one attached hydrogen (secondary N) is 4. The second-order valence-corrected chi connectivity index (χ2v) is 18.0. The molecule has 5 aromatic rings. The maximum Gasteiger partial charge on any atom is 0.258 e. The van der Waals surface area contributed by atoms with Crippen LogP contribution in [-0.4, -0.2) is 66.4 Å². The molecular formula is C50H49Cl5N8O8. The third-order valence-electron chi connectivity index (χ3n) is 10.3. The number of ether oxygens (including phenoxy) is 2. The summed E-state index contributed by atoms with van der Waals surface area (Å²) < 4.78 is 11.4. The van der Waals surface area contributed by atoms with Crippen molar-refractivity contribution < 1.29 is 38.2 Å². The molecule has 0 aromatic heterocycles. The van der Waals surface area contributed by atoms with Crippen molar-refractivity contribution in [1.82, 2.24) is 0 Å². The number of halogens is 5. The first-order valence-electron chi connectivity index (χ1n) is 22.0. The van der Waals surface area contributed by atoms with Gasteiger partial charge in [-0.3, -0.25) is 28.8 Å². The van der Waals surface area contributed by atoms with Gasteiger partial charge in [-0.25, -0.2) is 0 Å². The minimum atomic E-state index is -1.65. The number of carbonyl (C=O) groups is 6. The zero-order chi connectivity index (χ0) is 51.9. The molecule has 0 spiro atoms. The number of benzene rings is 5. The number of alkyl halides is 3. The van der Waals surface area contributed by atoms with Crippen LogP contribution in [0.5, 0.6) is 11.5 Å². The van der Waals surface area contributed by atoms with Gasteiger partial charge in [0.1, 0.15) is 22.9 Å². The molecule has 4 N–H and O–H groups in total. The summed E-state index contributed by atoms with van der Waals surface area (Å²) in [5, 5.41) is 26.5. The molecule has 0 heterocycles.